The van der Waals surface area contributed by atoms with Crippen LogP contribution in [0.25, 0.3) is 5.78 Å². The Bertz CT molecular complexity index is 885. The molecule has 2 aromatic heterocycles. The normalized spacial score (nSPS) is 10.7. The Morgan fingerprint density at radius 2 is 2.09 bits per heavy atom. The molecule has 2 N–H and O–H groups in total. The highest BCUT2D eigenvalue weighted by Crippen LogP contribution is 2.06. The first kappa shape index (κ1) is 14.8. The van der Waals surface area contributed by atoms with Crippen LogP contribution in [0.15, 0.2) is 41.2 Å². The molecule has 1 aromatic carbocycles. The summed E-state index contributed by atoms with van der Waals surface area (Å²) in [6.45, 7) is 0.560. The molecule has 23 heavy (non-hydrogen) atoms. The number of methoxy groups -OCH3 is 1. The van der Waals surface area contributed by atoms with E-state index < -0.39 is 5.97 Å². The van der Waals surface area contributed by atoms with Gasteiger partial charge in [-0.1, -0.05) is 30.3 Å². The summed E-state index contributed by atoms with van der Waals surface area (Å²) < 4.78 is 5.79. The first-order chi connectivity index (χ1) is 11.2. The lowest BCUT2D eigenvalue weighted by atomic mass is 10.2. The van der Waals surface area contributed by atoms with E-state index in [1.807, 2.05) is 30.3 Å². The van der Waals surface area contributed by atoms with E-state index >= 15 is 0 Å². The molecule has 0 aliphatic rings. The Morgan fingerprint density at radius 3 is 2.83 bits per heavy atom. The third-order valence-corrected chi connectivity index (χ3v) is 3.24. The molecule has 8 heteroatoms. The maximum atomic E-state index is 12.0. The minimum absolute atomic E-state index is 0.0676. The number of H-pyrrole nitrogens is 1. The van der Waals surface area contributed by atoms with Gasteiger partial charge in [-0.3, -0.25) is 14.7 Å². The summed E-state index contributed by atoms with van der Waals surface area (Å²) in [5.74, 6) is 0.167. The number of nitrogens with one attached hydrogen (secondary N) is 2. The summed E-state index contributed by atoms with van der Waals surface area (Å²) in [7, 11) is 1.29. The number of aromatic nitrogens is 4. The highest BCUT2D eigenvalue weighted by molar-refractivity contribution is 5.71. The fourth-order valence-corrected chi connectivity index (χ4v) is 2.10. The number of hydrogen-bond acceptors (Lipinski definition) is 6. The molecule has 8 nitrogen and oxygen atoms in total. The number of carbonyl (C=O) groups excluding carboxylic acids is 1. The molecule has 0 amide bonds. The van der Waals surface area contributed by atoms with Crippen molar-refractivity contribution in [2.24, 2.45) is 0 Å². The lowest BCUT2D eigenvalue weighted by Crippen LogP contribution is -2.17. The molecular weight excluding hydrogens is 298 g/mol. The van der Waals surface area contributed by atoms with Crippen molar-refractivity contribution in [3.05, 3.63) is 58.0 Å². The molecule has 0 saturated heterocycles. The maximum absolute atomic E-state index is 12.0. The Hall–Kier alpha value is -3.16. The van der Waals surface area contributed by atoms with Crippen LogP contribution in [-0.2, 0) is 22.5 Å². The molecule has 2 heterocycles. The van der Waals surface area contributed by atoms with Gasteiger partial charge in [-0.25, -0.2) is 4.98 Å². The predicted molar refractivity (Wildman–Crippen MR) is 83.1 cm³/mol. The molecule has 3 rings (SSSR count). The zero-order chi connectivity index (χ0) is 16.2. The van der Waals surface area contributed by atoms with Gasteiger partial charge < -0.3 is 10.1 Å². The number of hydrogen-bond donors (Lipinski definition) is 2. The molecular formula is C15H15N5O3. The fraction of sp³-hybridized carbons (Fsp3) is 0.200. The van der Waals surface area contributed by atoms with Crippen molar-refractivity contribution in [3.63, 3.8) is 0 Å². The van der Waals surface area contributed by atoms with Crippen molar-refractivity contribution in [2.45, 2.75) is 13.0 Å². The molecule has 0 saturated carbocycles. The molecule has 118 valence electrons. The number of ether oxygens (including phenoxy) is 1. The molecule has 0 atom stereocenters. The molecule has 0 fully saturated rings. The van der Waals surface area contributed by atoms with Crippen LogP contribution in [0, 0.1) is 0 Å². The first-order valence-electron chi connectivity index (χ1n) is 6.99. The van der Waals surface area contributed by atoms with Crippen LogP contribution in [0.1, 0.15) is 11.3 Å². The molecule has 0 spiro atoms. The summed E-state index contributed by atoms with van der Waals surface area (Å²) >= 11 is 0. The van der Waals surface area contributed by atoms with E-state index in [1.54, 1.807) is 0 Å². The van der Waals surface area contributed by atoms with Gasteiger partial charge in [0.25, 0.3) is 11.3 Å². The van der Waals surface area contributed by atoms with Crippen molar-refractivity contribution in [1.82, 2.24) is 19.6 Å². The summed E-state index contributed by atoms with van der Waals surface area (Å²) in [5, 5.41) is 5.92. The van der Waals surface area contributed by atoms with Gasteiger partial charge in [0.05, 0.1) is 19.2 Å². The van der Waals surface area contributed by atoms with Crippen LogP contribution in [0.4, 0.5) is 5.95 Å². The van der Waals surface area contributed by atoms with Crippen molar-refractivity contribution in [2.75, 3.05) is 12.4 Å². The third kappa shape index (κ3) is 3.37. The largest absolute Gasteiger partial charge is 0.469 e. The van der Waals surface area contributed by atoms with Gasteiger partial charge in [0.2, 0.25) is 5.95 Å². The van der Waals surface area contributed by atoms with Crippen molar-refractivity contribution >= 4 is 17.7 Å². The lowest BCUT2D eigenvalue weighted by molar-refractivity contribution is -0.139. The number of anilines is 1. The van der Waals surface area contributed by atoms with Gasteiger partial charge in [-0.05, 0) is 5.56 Å². The van der Waals surface area contributed by atoms with Gasteiger partial charge in [0.1, 0.15) is 0 Å². The lowest BCUT2D eigenvalue weighted by Gasteiger charge is -2.01. The van der Waals surface area contributed by atoms with Crippen LogP contribution in [0.5, 0.6) is 0 Å². The van der Waals surface area contributed by atoms with Gasteiger partial charge in [0, 0.05) is 12.6 Å². The SMILES string of the molecule is COC(=O)Cc1cc(=O)n2[nH]c(NCc3ccccc3)nc2n1. The number of aromatic amines is 1. The maximum Gasteiger partial charge on any atom is 0.311 e. The zero-order valence-electron chi connectivity index (χ0n) is 12.4. The Balaban J connectivity index is 1.82. The number of rotatable bonds is 5. The number of nitrogens with zero attached hydrogens (tertiary/aromatic N) is 3. The quantitative estimate of drug-likeness (QED) is 0.674. The summed E-state index contributed by atoms with van der Waals surface area (Å²) in [5.41, 5.74) is 1.07. The van der Waals surface area contributed by atoms with Crippen molar-refractivity contribution in [3.8, 4) is 0 Å². The molecule has 3 aromatic rings. The zero-order valence-corrected chi connectivity index (χ0v) is 12.4. The van der Waals surface area contributed by atoms with E-state index in [2.05, 4.69) is 25.1 Å². The average molecular weight is 313 g/mol. The van der Waals surface area contributed by atoms with Crippen LogP contribution in [0.2, 0.25) is 0 Å². The standard InChI is InChI=1S/C15H15N5O3/c1-23-13(22)8-11-7-12(21)20-15(17-11)18-14(19-20)16-9-10-5-3-2-4-6-10/h2-7H,8-9H2,1H3,(H2,16,17,18,19). The molecule has 0 aliphatic heterocycles. The van der Waals surface area contributed by atoms with Crippen LogP contribution in [-0.4, -0.2) is 32.7 Å². The average Bonchev–Trinajstić information content (AvgIpc) is 2.97. The number of carbonyl (C=O) groups is 1. The Kier molecular flexibility index (Phi) is 4.05. The molecule has 0 aliphatic carbocycles. The van der Waals surface area contributed by atoms with Crippen LogP contribution >= 0.6 is 0 Å². The fourth-order valence-electron chi connectivity index (χ4n) is 2.10. The van der Waals surface area contributed by atoms with E-state index in [0.29, 0.717) is 18.2 Å². The van der Waals surface area contributed by atoms with E-state index in [4.69, 9.17) is 0 Å². The second kappa shape index (κ2) is 6.30. The van der Waals surface area contributed by atoms with E-state index in [9.17, 15) is 9.59 Å². The topological polar surface area (TPSA) is 101 Å². The van der Waals surface area contributed by atoms with E-state index in [1.165, 1.54) is 17.7 Å². The highest BCUT2D eigenvalue weighted by Gasteiger charge is 2.11. The first-order valence-corrected chi connectivity index (χ1v) is 6.99. The van der Waals surface area contributed by atoms with E-state index in [0.717, 1.165) is 5.56 Å². The minimum atomic E-state index is -0.459. The molecule has 0 radical (unpaired) electrons. The third-order valence-electron chi connectivity index (χ3n) is 3.24. The van der Waals surface area contributed by atoms with Gasteiger partial charge >= 0.3 is 5.97 Å². The predicted octanol–water partition coefficient (Wildman–Crippen LogP) is 0.745. The van der Waals surface area contributed by atoms with Crippen molar-refractivity contribution < 1.29 is 9.53 Å². The Labute approximate surface area is 131 Å². The second-order valence-corrected chi connectivity index (χ2v) is 4.89. The summed E-state index contributed by atoms with van der Waals surface area (Å²) in [6, 6.07) is 11.1. The van der Waals surface area contributed by atoms with Crippen LogP contribution < -0.4 is 10.9 Å². The number of fused-ring (bicyclic) bond motifs is 1. The monoisotopic (exact) mass is 313 g/mol. The van der Waals surface area contributed by atoms with Crippen molar-refractivity contribution in [1.29, 1.82) is 0 Å². The van der Waals surface area contributed by atoms with Gasteiger partial charge in [0.15, 0.2) is 0 Å². The summed E-state index contributed by atoms with van der Waals surface area (Å²) in [4.78, 5) is 31.7. The Morgan fingerprint density at radius 1 is 1.30 bits per heavy atom. The van der Waals surface area contributed by atoms with Crippen LogP contribution in [0.3, 0.4) is 0 Å². The summed E-state index contributed by atoms with van der Waals surface area (Å²) in [6.07, 6.45) is -0.0676. The molecule has 0 bridgehead atoms. The van der Waals surface area contributed by atoms with E-state index in [-0.39, 0.29) is 17.8 Å². The number of benzene rings is 1. The molecule has 0 unspecified atom stereocenters. The highest BCUT2D eigenvalue weighted by atomic mass is 16.5. The number of esters is 1. The van der Waals surface area contributed by atoms with Gasteiger partial charge in [-0.15, -0.1) is 0 Å². The minimum Gasteiger partial charge on any atom is -0.469 e. The second-order valence-electron chi connectivity index (χ2n) is 4.89. The smallest absolute Gasteiger partial charge is 0.311 e. The van der Waals surface area contributed by atoms with Gasteiger partial charge in [-0.2, -0.15) is 9.50 Å².